The molecule has 0 bridgehead atoms. The van der Waals surface area contributed by atoms with Crippen molar-refractivity contribution in [3.8, 4) is 0 Å². The normalized spacial score (nSPS) is 34.0. The molecule has 0 spiro atoms. The van der Waals surface area contributed by atoms with Crippen LogP contribution >= 0.6 is 0 Å². The molecule has 0 radical (unpaired) electrons. The minimum absolute atomic E-state index is 0.341. The van der Waals surface area contributed by atoms with Crippen molar-refractivity contribution in [3.05, 3.63) is 0 Å². The second kappa shape index (κ2) is 4.86. The summed E-state index contributed by atoms with van der Waals surface area (Å²) in [7, 11) is 0. The summed E-state index contributed by atoms with van der Waals surface area (Å²) in [6.07, 6.45) is 5.49. The average molecular weight is 211 g/mol. The van der Waals surface area contributed by atoms with Crippen LogP contribution in [0.2, 0.25) is 0 Å². The Bertz CT molecular complexity index is 194. The summed E-state index contributed by atoms with van der Waals surface area (Å²) in [6.45, 7) is 11.6. The SMILES string of the molecule is CCC(C)(CC(C)C(C)N)C1CC(C)C1. The lowest BCUT2D eigenvalue weighted by molar-refractivity contribution is 0.0310. The molecule has 0 heterocycles. The van der Waals surface area contributed by atoms with Gasteiger partial charge < -0.3 is 5.73 Å². The molecule has 1 aliphatic rings. The Balaban J connectivity index is 2.52. The number of hydrogen-bond acceptors (Lipinski definition) is 1. The Morgan fingerprint density at radius 3 is 2.20 bits per heavy atom. The molecule has 0 amide bonds. The van der Waals surface area contributed by atoms with Crippen molar-refractivity contribution >= 4 is 0 Å². The van der Waals surface area contributed by atoms with E-state index in [-0.39, 0.29) is 0 Å². The largest absolute Gasteiger partial charge is 0.328 e. The van der Waals surface area contributed by atoms with Gasteiger partial charge in [0.1, 0.15) is 0 Å². The molecule has 0 saturated heterocycles. The lowest BCUT2D eigenvalue weighted by Crippen LogP contribution is -2.39. The minimum Gasteiger partial charge on any atom is -0.328 e. The van der Waals surface area contributed by atoms with E-state index in [1.54, 1.807) is 0 Å². The Kier molecular flexibility index (Phi) is 4.22. The molecule has 15 heavy (non-hydrogen) atoms. The van der Waals surface area contributed by atoms with E-state index in [1.165, 1.54) is 25.7 Å². The van der Waals surface area contributed by atoms with Gasteiger partial charge in [-0.05, 0) is 49.4 Å². The zero-order chi connectivity index (χ0) is 11.6. The molecule has 0 aliphatic heterocycles. The van der Waals surface area contributed by atoms with Gasteiger partial charge in [-0.15, -0.1) is 0 Å². The standard InChI is InChI=1S/C14H29N/c1-6-14(5,9-11(3)12(4)15)13-7-10(2)8-13/h10-13H,6-9,15H2,1-5H3. The van der Waals surface area contributed by atoms with Gasteiger partial charge in [0.15, 0.2) is 0 Å². The highest BCUT2D eigenvalue weighted by molar-refractivity contribution is 4.91. The van der Waals surface area contributed by atoms with E-state index in [0.717, 1.165) is 11.8 Å². The third kappa shape index (κ3) is 2.96. The number of nitrogens with two attached hydrogens (primary N) is 1. The second-order valence-electron chi connectivity index (χ2n) is 6.32. The van der Waals surface area contributed by atoms with Crippen LogP contribution in [0.5, 0.6) is 0 Å². The highest BCUT2D eigenvalue weighted by Crippen LogP contribution is 2.50. The summed E-state index contributed by atoms with van der Waals surface area (Å²) >= 11 is 0. The quantitative estimate of drug-likeness (QED) is 0.735. The zero-order valence-electron chi connectivity index (χ0n) is 11.2. The van der Waals surface area contributed by atoms with Crippen LogP contribution in [-0.2, 0) is 0 Å². The molecule has 0 aromatic rings. The molecule has 1 saturated carbocycles. The van der Waals surface area contributed by atoms with E-state index in [2.05, 4.69) is 34.6 Å². The first-order valence-electron chi connectivity index (χ1n) is 6.64. The highest BCUT2D eigenvalue weighted by atomic mass is 14.6. The van der Waals surface area contributed by atoms with Crippen LogP contribution < -0.4 is 5.73 Å². The zero-order valence-corrected chi connectivity index (χ0v) is 11.2. The van der Waals surface area contributed by atoms with Crippen molar-refractivity contribution in [1.29, 1.82) is 0 Å². The first-order valence-corrected chi connectivity index (χ1v) is 6.64. The van der Waals surface area contributed by atoms with Crippen LogP contribution in [0.1, 0.15) is 60.3 Å². The van der Waals surface area contributed by atoms with Gasteiger partial charge in [0.25, 0.3) is 0 Å². The fraction of sp³-hybridized carbons (Fsp3) is 1.00. The molecule has 3 unspecified atom stereocenters. The van der Waals surface area contributed by atoms with E-state index >= 15 is 0 Å². The van der Waals surface area contributed by atoms with Crippen LogP contribution in [0.25, 0.3) is 0 Å². The smallest absolute Gasteiger partial charge is 0.00363 e. The minimum atomic E-state index is 0.341. The summed E-state index contributed by atoms with van der Waals surface area (Å²) in [5, 5.41) is 0. The van der Waals surface area contributed by atoms with Gasteiger partial charge in [0.05, 0.1) is 0 Å². The van der Waals surface area contributed by atoms with Crippen molar-refractivity contribution in [2.45, 2.75) is 66.3 Å². The van der Waals surface area contributed by atoms with Crippen LogP contribution in [0.4, 0.5) is 0 Å². The van der Waals surface area contributed by atoms with Crippen molar-refractivity contribution in [1.82, 2.24) is 0 Å². The third-order valence-corrected chi connectivity index (χ3v) is 4.85. The predicted octanol–water partition coefficient (Wildman–Crippen LogP) is 3.82. The van der Waals surface area contributed by atoms with E-state index in [0.29, 0.717) is 17.4 Å². The molecular weight excluding hydrogens is 182 g/mol. The van der Waals surface area contributed by atoms with Gasteiger partial charge in [-0.1, -0.05) is 34.1 Å². The van der Waals surface area contributed by atoms with Gasteiger partial charge in [0, 0.05) is 6.04 Å². The van der Waals surface area contributed by atoms with Gasteiger partial charge in [0.2, 0.25) is 0 Å². The molecule has 2 N–H and O–H groups in total. The molecule has 0 aromatic carbocycles. The van der Waals surface area contributed by atoms with Crippen LogP contribution in [0, 0.1) is 23.2 Å². The van der Waals surface area contributed by atoms with Gasteiger partial charge in [-0.2, -0.15) is 0 Å². The average Bonchev–Trinajstić information content (AvgIpc) is 2.12. The van der Waals surface area contributed by atoms with Crippen molar-refractivity contribution < 1.29 is 0 Å². The van der Waals surface area contributed by atoms with Crippen molar-refractivity contribution in [2.24, 2.45) is 28.9 Å². The van der Waals surface area contributed by atoms with Crippen LogP contribution in [-0.4, -0.2) is 6.04 Å². The van der Waals surface area contributed by atoms with E-state index in [1.807, 2.05) is 0 Å². The molecule has 1 fully saturated rings. The number of hydrogen-bond donors (Lipinski definition) is 1. The van der Waals surface area contributed by atoms with E-state index in [4.69, 9.17) is 5.73 Å². The lowest BCUT2D eigenvalue weighted by atomic mass is 9.58. The van der Waals surface area contributed by atoms with E-state index < -0.39 is 0 Å². The van der Waals surface area contributed by atoms with E-state index in [9.17, 15) is 0 Å². The van der Waals surface area contributed by atoms with Gasteiger partial charge in [-0.3, -0.25) is 0 Å². The first kappa shape index (κ1) is 13.0. The predicted molar refractivity (Wildman–Crippen MR) is 67.7 cm³/mol. The molecule has 1 aliphatic carbocycles. The topological polar surface area (TPSA) is 26.0 Å². The summed E-state index contributed by atoms with van der Waals surface area (Å²) in [6, 6.07) is 0.341. The molecule has 3 atom stereocenters. The molecular formula is C14H29N. The van der Waals surface area contributed by atoms with Gasteiger partial charge >= 0.3 is 0 Å². The number of rotatable bonds is 5. The summed E-state index contributed by atoms with van der Waals surface area (Å²) in [4.78, 5) is 0. The molecule has 1 heteroatoms. The maximum Gasteiger partial charge on any atom is 0.00363 e. The Labute approximate surface area is 95.8 Å². The molecule has 90 valence electrons. The summed E-state index contributed by atoms with van der Waals surface area (Å²) < 4.78 is 0. The fourth-order valence-electron chi connectivity index (χ4n) is 2.99. The Morgan fingerprint density at radius 2 is 1.87 bits per heavy atom. The third-order valence-electron chi connectivity index (χ3n) is 4.85. The lowest BCUT2D eigenvalue weighted by Gasteiger charge is -2.47. The van der Waals surface area contributed by atoms with Crippen molar-refractivity contribution in [2.75, 3.05) is 0 Å². The Hall–Kier alpha value is -0.0400. The summed E-state index contributed by atoms with van der Waals surface area (Å²) in [5.74, 6) is 2.58. The summed E-state index contributed by atoms with van der Waals surface area (Å²) in [5.41, 5.74) is 6.53. The Morgan fingerprint density at radius 1 is 1.33 bits per heavy atom. The van der Waals surface area contributed by atoms with Gasteiger partial charge in [-0.25, -0.2) is 0 Å². The van der Waals surface area contributed by atoms with Crippen LogP contribution in [0.15, 0.2) is 0 Å². The maximum atomic E-state index is 5.98. The molecule has 0 aromatic heterocycles. The maximum absolute atomic E-state index is 5.98. The van der Waals surface area contributed by atoms with Crippen molar-refractivity contribution in [3.63, 3.8) is 0 Å². The molecule has 1 nitrogen and oxygen atoms in total. The first-order chi connectivity index (χ1) is 6.89. The fourth-order valence-corrected chi connectivity index (χ4v) is 2.99. The molecule has 1 rings (SSSR count). The monoisotopic (exact) mass is 211 g/mol. The second-order valence-corrected chi connectivity index (χ2v) is 6.32. The highest BCUT2D eigenvalue weighted by Gasteiger charge is 2.40. The van der Waals surface area contributed by atoms with Crippen LogP contribution in [0.3, 0.4) is 0 Å².